The van der Waals surface area contributed by atoms with Crippen LogP contribution >= 0.6 is 0 Å². The first-order chi connectivity index (χ1) is 12.6. The van der Waals surface area contributed by atoms with Crippen LogP contribution in [0.5, 0.6) is 0 Å². The van der Waals surface area contributed by atoms with Crippen LogP contribution in [0.15, 0.2) is 77.4 Å². The quantitative estimate of drug-likeness (QED) is 0.714. The predicted octanol–water partition coefficient (Wildman–Crippen LogP) is 3.69. The van der Waals surface area contributed by atoms with Crippen molar-refractivity contribution in [3.05, 3.63) is 89.9 Å². The topological polar surface area (TPSA) is 71.3 Å². The van der Waals surface area contributed by atoms with E-state index in [9.17, 15) is 9.59 Å². The van der Waals surface area contributed by atoms with Crippen molar-refractivity contribution in [2.24, 2.45) is 0 Å². The summed E-state index contributed by atoms with van der Waals surface area (Å²) in [6.07, 6.45) is 1.84. The largest absolute Gasteiger partial charge is 0.467 e. The average molecular weight is 348 g/mol. The molecule has 0 saturated carbocycles. The molecule has 0 aliphatic carbocycles. The Morgan fingerprint density at radius 2 is 1.69 bits per heavy atom. The summed E-state index contributed by atoms with van der Waals surface area (Å²) in [4.78, 5) is 23.6. The highest BCUT2D eigenvalue weighted by atomic mass is 16.3. The van der Waals surface area contributed by atoms with Gasteiger partial charge in [0.15, 0.2) is 0 Å². The molecule has 132 valence electrons. The second kappa shape index (κ2) is 8.16. The summed E-state index contributed by atoms with van der Waals surface area (Å²) in [5.74, 6) is 0.452. The van der Waals surface area contributed by atoms with Crippen LogP contribution in [0, 0.1) is 0 Å². The molecule has 5 heteroatoms. The van der Waals surface area contributed by atoms with Crippen molar-refractivity contribution in [2.75, 3.05) is 5.32 Å². The molecular weight excluding hydrogens is 328 g/mol. The first-order valence-electron chi connectivity index (χ1n) is 8.36. The van der Waals surface area contributed by atoms with Gasteiger partial charge in [0.2, 0.25) is 11.8 Å². The number of anilines is 1. The number of benzene rings is 2. The summed E-state index contributed by atoms with van der Waals surface area (Å²) in [6, 6.07) is 20.2. The summed E-state index contributed by atoms with van der Waals surface area (Å²) in [5, 5.41) is 5.73. The van der Waals surface area contributed by atoms with Gasteiger partial charge in [-0.05, 0) is 35.4 Å². The molecule has 0 fully saturated rings. The van der Waals surface area contributed by atoms with Crippen LogP contribution in [-0.4, -0.2) is 11.8 Å². The zero-order valence-electron chi connectivity index (χ0n) is 14.4. The molecule has 1 atom stereocenters. The molecule has 2 aromatic carbocycles. The molecule has 0 aliphatic rings. The molecule has 5 nitrogen and oxygen atoms in total. The Labute approximate surface area is 152 Å². The molecule has 0 saturated heterocycles. The van der Waals surface area contributed by atoms with Gasteiger partial charge in [-0.15, -0.1) is 0 Å². The lowest BCUT2D eigenvalue weighted by Crippen LogP contribution is -2.30. The molecule has 1 unspecified atom stereocenters. The molecule has 2 N–H and O–H groups in total. The highest BCUT2D eigenvalue weighted by molar-refractivity contribution is 5.88. The van der Waals surface area contributed by atoms with Gasteiger partial charge in [0, 0.05) is 12.6 Å². The van der Waals surface area contributed by atoms with E-state index in [-0.39, 0.29) is 24.3 Å². The van der Waals surface area contributed by atoms with Crippen LogP contribution in [-0.2, 0) is 16.0 Å². The van der Waals surface area contributed by atoms with E-state index < -0.39 is 0 Å². The highest BCUT2D eigenvalue weighted by Gasteiger charge is 2.19. The summed E-state index contributed by atoms with van der Waals surface area (Å²) in [5.41, 5.74) is 2.53. The van der Waals surface area contributed by atoms with Crippen molar-refractivity contribution in [3.63, 3.8) is 0 Å². The zero-order chi connectivity index (χ0) is 18.4. The van der Waals surface area contributed by atoms with E-state index in [2.05, 4.69) is 10.6 Å². The second-order valence-corrected chi connectivity index (χ2v) is 5.98. The number of hydrogen-bond donors (Lipinski definition) is 2. The molecule has 0 bridgehead atoms. The Morgan fingerprint density at radius 1 is 0.962 bits per heavy atom. The maximum atomic E-state index is 12.5. The maximum absolute atomic E-state index is 12.5. The molecule has 3 aromatic rings. The number of rotatable bonds is 6. The maximum Gasteiger partial charge on any atom is 0.225 e. The van der Waals surface area contributed by atoms with Gasteiger partial charge in [-0.3, -0.25) is 9.59 Å². The molecule has 2 amide bonds. The number of carbonyl (C=O) groups is 2. The number of amides is 2. The van der Waals surface area contributed by atoms with Gasteiger partial charge in [-0.2, -0.15) is 0 Å². The molecule has 1 aromatic heterocycles. The van der Waals surface area contributed by atoms with E-state index in [4.69, 9.17) is 4.42 Å². The van der Waals surface area contributed by atoms with Gasteiger partial charge >= 0.3 is 0 Å². The van der Waals surface area contributed by atoms with E-state index in [1.54, 1.807) is 24.5 Å². The number of hydrogen-bond acceptors (Lipinski definition) is 3. The van der Waals surface area contributed by atoms with Crippen LogP contribution in [0.1, 0.15) is 29.9 Å². The lowest BCUT2D eigenvalue weighted by Gasteiger charge is -2.17. The highest BCUT2D eigenvalue weighted by Crippen LogP contribution is 2.22. The standard InChI is InChI=1S/C21H20N2O3/c1-15(24)22-18-11-9-16(10-12-18)14-20(25)23-21(19-8-5-13-26-19)17-6-3-2-4-7-17/h2-13,21H,14H2,1H3,(H,22,24)(H,23,25). The first kappa shape index (κ1) is 17.5. The van der Waals surface area contributed by atoms with Gasteiger partial charge in [0.25, 0.3) is 0 Å². The molecule has 0 spiro atoms. The lowest BCUT2D eigenvalue weighted by molar-refractivity contribution is -0.121. The fraction of sp³-hybridized carbons (Fsp3) is 0.143. The van der Waals surface area contributed by atoms with Crippen molar-refractivity contribution in [1.29, 1.82) is 0 Å². The summed E-state index contributed by atoms with van der Waals surface area (Å²) < 4.78 is 5.50. The smallest absolute Gasteiger partial charge is 0.225 e. The Bertz CT molecular complexity index is 856. The third kappa shape index (κ3) is 4.60. The van der Waals surface area contributed by atoms with Gasteiger partial charge < -0.3 is 15.1 Å². The minimum Gasteiger partial charge on any atom is -0.467 e. The van der Waals surface area contributed by atoms with E-state index >= 15 is 0 Å². The SMILES string of the molecule is CC(=O)Nc1ccc(CC(=O)NC(c2ccccc2)c2ccco2)cc1. The van der Waals surface area contributed by atoms with Crippen LogP contribution in [0.25, 0.3) is 0 Å². The van der Waals surface area contributed by atoms with Crippen molar-refractivity contribution in [3.8, 4) is 0 Å². The Kier molecular flexibility index (Phi) is 5.49. The molecule has 0 aliphatic heterocycles. The monoisotopic (exact) mass is 348 g/mol. The number of carbonyl (C=O) groups excluding carboxylic acids is 2. The molecule has 26 heavy (non-hydrogen) atoms. The third-order valence-corrected chi connectivity index (χ3v) is 3.90. The first-order valence-corrected chi connectivity index (χ1v) is 8.36. The van der Waals surface area contributed by atoms with Gasteiger partial charge in [0.1, 0.15) is 11.8 Å². The predicted molar refractivity (Wildman–Crippen MR) is 99.6 cm³/mol. The van der Waals surface area contributed by atoms with Crippen LogP contribution in [0.3, 0.4) is 0 Å². The summed E-state index contributed by atoms with van der Waals surface area (Å²) >= 11 is 0. The molecule has 0 radical (unpaired) electrons. The van der Waals surface area contributed by atoms with Crippen molar-refractivity contribution >= 4 is 17.5 Å². The summed E-state index contributed by atoms with van der Waals surface area (Å²) in [6.45, 7) is 1.46. The van der Waals surface area contributed by atoms with Crippen molar-refractivity contribution in [1.82, 2.24) is 5.32 Å². The molecular formula is C21H20N2O3. The second-order valence-electron chi connectivity index (χ2n) is 5.98. The third-order valence-electron chi connectivity index (χ3n) is 3.90. The van der Waals surface area contributed by atoms with E-state index in [0.29, 0.717) is 11.4 Å². The zero-order valence-corrected chi connectivity index (χ0v) is 14.4. The van der Waals surface area contributed by atoms with Gasteiger partial charge in [-0.25, -0.2) is 0 Å². The van der Waals surface area contributed by atoms with Gasteiger partial charge in [0.05, 0.1) is 12.7 Å². The Morgan fingerprint density at radius 3 is 2.31 bits per heavy atom. The fourth-order valence-corrected chi connectivity index (χ4v) is 2.73. The number of furan rings is 1. The van der Waals surface area contributed by atoms with E-state index in [0.717, 1.165) is 11.1 Å². The van der Waals surface area contributed by atoms with Crippen molar-refractivity contribution < 1.29 is 14.0 Å². The van der Waals surface area contributed by atoms with E-state index in [1.165, 1.54) is 6.92 Å². The minimum atomic E-state index is -0.336. The Hall–Kier alpha value is -3.34. The van der Waals surface area contributed by atoms with E-state index in [1.807, 2.05) is 48.5 Å². The van der Waals surface area contributed by atoms with Crippen LogP contribution < -0.4 is 10.6 Å². The minimum absolute atomic E-state index is 0.109. The van der Waals surface area contributed by atoms with Gasteiger partial charge in [-0.1, -0.05) is 42.5 Å². The van der Waals surface area contributed by atoms with Crippen molar-refractivity contribution in [2.45, 2.75) is 19.4 Å². The average Bonchev–Trinajstić information content (AvgIpc) is 3.16. The normalized spacial score (nSPS) is 11.6. The summed E-state index contributed by atoms with van der Waals surface area (Å²) in [7, 11) is 0. The molecule has 3 rings (SSSR count). The van der Waals surface area contributed by atoms with Crippen LogP contribution in [0.4, 0.5) is 5.69 Å². The molecule has 1 heterocycles. The Balaban J connectivity index is 1.69. The number of nitrogens with one attached hydrogen (secondary N) is 2. The lowest BCUT2D eigenvalue weighted by atomic mass is 10.0. The van der Waals surface area contributed by atoms with Crippen LogP contribution in [0.2, 0.25) is 0 Å². The fourth-order valence-electron chi connectivity index (χ4n) is 2.73.